The van der Waals surface area contributed by atoms with E-state index in [0.717, 1.165) is 31.4 Å². The fourth-order valence-electron chi connectivity index (χ4n) is 4.21. The van der Waals surface area contributed by atoms with Gasteiger partial charge >= 0.3 is 0 Å². The van der Waals surface area contributed by atoms with E-state index in [0.29, 0.717) is 36.5 Å². The number of carbonyl (C=O) groups excluding carboxylic acids is 2. The maximum absolute atomic E-state index is 12.9. The summed E-state index contributed by atoms with van der Waals surface area (Å²) in [6.07, 6.45) is 2.29. The predicted octanol–water partition coefficient (Wildman–Crippen LogP) is 0.630. The highest BCUT2D eigenvalue weighted by Crippen LogP contribution is 2.31. The highest BCUT2D eigenvalue weighted by atomic mass is 16.2. The number of likely N-dealkylation sites (tertiary alicyclic amines) is 2. The lowest BCUT2D eigenvalue weighted by Crippen LogP contribution is -2.57. The Labute approximate surface area is 151 Å². The van der Waals surface area contributed by atoms with Crippen LogP contribution in [-0.2, 0) is 4.79 Å². The summed E-state index contributed by atoms with van der Waals surface area (Å²) in [6.45, 7) is 2.94. The number of rotatable bonds is 4. The first-order valence-electron chi connectivity index (χ1n) is 9.21. The zero-order valence-electron chi connectivity index (χ0n) is 14.9. The third-order valence-electron chi connectivity index (χ3n) is 5.60. The molecule has 8 heteroatoms. The number of hydrogen-bond donors (Lipinski definition) is 2. The molecule has 2 atom stereocenters. The van der Waals surface area contributed by atoms with E-state index in [4.69, 9.17) is 0 Å². The summed E-state index contributed by atoms with van der Waals surface area (Å²) < 4.78 is 0. The molecule has 1 aromatic carbocycles. The van der Waals surface area contributed by atoms with Gasteiger partial charge in [-0.2, -0.15) is 15.4 Å². The molecule has 2 unspecified atom stereocenters. The van der Waals surface area contributed by atoms with Gasteiger partial charge in [-0.15, -0.1) is 0 Å². The third-order valence-corrected chi connectivity index (χ3v) is 5.60. The van der Waals surface area contributed by atoms with Gasteiger partial charge in [0.2, 0.25) is 5.91 Å². The zero-order valence-corrected chi connectivity index (χ0v) is 14.9. The molecule has 2 saturated heterocycles. The van der Waals surface area contributed by atoms with Gasteiger partial charge in [-0.1, -0.05) is 0 Å². The molecule has 2 aromatic rings. The molecule has 0 spiro atoms. The van der Waals surface area contributed by atoms with E-state index in [1.165, 1.54) is 0 Å². The van der Waals surface area contributed by atoms with Crippen molar-refractivity contribution < 1.29 is 9.59 Å². The van der Waals surface area contributed by atoms with E-state index in [1.807, 2.05) is 29.0 Å². The number of amides is 2. The molecule has 0 aliphatic carbocycles. The van der Waals surface area contributed by atoms with Crippen LogP contribution in [0.2, 0.25) is 0 Å². The van der Waals surface area contributed by atoms with Gasteiger partial charge in [-0.3, -0.25) is 9.59 Å². The molecule has 8 nitrogen and oxygen atoms in total. The van der Waals surface area contributed by atoms with Gasteiger partial charge in [0.05, 0.1) is 0 Å². The average molecular weight is 356 g/mol. The monoisotopic (exact) mass is 356 g/mol. The largest absolute Gasteiger partial charge is 0.338 e. The number of aromatic nitrogens is 3. The number of aromatic amines is 1. The van der Waals surface area contributed by atoms with Crippen LogP contribution in [0, 0.1) is 5.92 Å². The van der Waals surface area contributed by atoms with Crippen LogP contribution in [0.3, 0.4) is 0 Å². The van der Waals surface area contributed by atoms with Crippen LogP contribution in [0.15, 0.2) is 18.2 Å². The van der Waals surface area contributed by atoms with Crippen molar-refractivity contribution in [1.82, 2.24) is 30.5 Å². The molecule has 2 N–H and O–H groups in total. The summed E-state index contributed by atoms with van der Waals surface area (Å²) in [6, 6.07) is 5.67. The number of fused-ring (bicyclic) bond motifs is 2. The molecule has 26 heavy (non-hydrogen) atoms. The summed E-state index contributed by atoms with van der Waals surface area (Å²) in [7, 11) is 1.90. The molecule has 0 saturated carbocycles. The Morgan fingerprint density at radius 2 is 2.15 bits per heavy atom. The van der Waals surface area contributed by atoms with Crippen molar-refractivity contribution in [3.8, 4) is 0 Å². The number of benzene rings is 1. The molecule has 3 heterocycles. The fraction of sp³-hybridized carbons (Fsp3) is 0.556. The maximum atomic E-state index is 12.9. The number of H-pyrrole nitrogens is 1. The summed E-state index contributed by atoms with van der Waals surface area (Å²) in [5.41, 5.74) is 2.10. The number of carbonyl (C=O) groups is 2. The molecule has 138 valence electrons. The maximum Gasteiger partial charge on any atom is 0.253 e. The zero-order chi connectivity index (χ0) is 18.1. The lowest BCUT2D eigenvalue weighted by atomic mass is 9.83. The van der Waals surface area contributed by atoms with E-state index in [2.05, 4.69) is 20.7 Å². The number of likely N-dealkylation sites (N-methyl/N-ethyl adjacent to an activating group) is 1. The van der Waals surface area contributed by atoms with Gasteiger partial charge in [0.1, 0.15) is 11.0 Å². The molecular weight excluding hydrogens is 332 g/mol. The third kappa shape index (κ3) is 3.05. The van der Waals surface area contributed by atoms with Crippen LogP contribution in [0.25, 0.3) is 11.0 Å². The lowest BCUT2D eigenvalue weighted by molar-refractivity contribution is -0.140. The average Bonchev–Trinajstić information content (AvgIpc) is 3.14. The first-order chi connectivity index (χ1) is 12.7. The summed E-state index contributed by atoms with van der Waals surface area (Å²) >= 11 is 0. The minimum atomic E-state index is 0.0343. The topological polar surface area (TPSA) is 94.2 Å². The quantitative estimate of drug-likeness (QED) is 0.838. The van der Waals surface area contributed by atoms with Gasteiger partial charge in [0.15, 0.2) is 0 Å². The van der Waals surface area contributed by atoms with Crippen molar-refractivity contribution in [2.45, 2.75) is 25.3 Å². The summed E-state index contributed by atoms with van der Waals surface area (Å²) in [5.74, 6) is 0.642. The molecule has 2 aliphatic rings. The Kier molecular flexibility index (Phi) is 4.58. The highest BCUT2D eigenvalue weighted by Gasteiger charge is 2.40. The first-order valence-corrected chi connectivity index (χ1v) is 9.21. The normalized spacial score (nSPS) is 23.3. The minimum absolute atomic E-state index is 0.0343. The number of hydrogen-bond acceptors (Lipinski definition) is 5. The van der Waals surface area contributed by atoms with Crippen molar-refractivity contribution in [1.29, 1.82) is 0 Å². The molecule has 2 aliphatic heterocycles. The van der Waals surface area contributed by atoms with Gasteiger partial charge < -0.3 is 15.1 Å². The molecule has 0 radical (unpaired) electrons. The van der Waals surface area contributed by atoms with E-state index in [-0.39, 0.29) is 17.9 Å². The van der Waals surface area contributed by atoms with Crippen LogP contribution in [0.1, 0.15) is 29.6 Å². The minimum Gasteiger partial charge on any atom is -0.338 e. The lowest BCUT2D eigenvalue weighted by Gasteiger charge is -2.47. The Bertz CT molecular complexity index is 819. The molecule has 1 aromatic heterocycles. The van der Waals surface area contributed by atoms with Crippen molar-refractivity contribution >= 4 is 22.8 Å². The Hall–Kier alpha value is -2.48. The fourth-order valence-corrected chi connectivity index (χ4v) is 4.21. The Morgan fingerprint density at radius 3 is 3.00 bits per heavy atom. The molecular formula is C18H24N6O2. The highest BCUT2D eigenvalue weighted by molar-refractivity contribution is 5.97. The molecule has 2 fully saturated rings. The smallest absolute Gasteiger partial charge is 0.253 e. The summed E-state index contributed by atoms with van der Waals surface area (Å²) in [5, 5.41) is 13.8. The Balaban J connectivity index is 1.47. The van der Waals surface area contributed by atoms with Crippen LogP contribution >= 0.6 is 0 Å². The van der Waals surface area contributed by atoms with E-state index >= 15 is 0 Å². The number of nitrogens with one attached hydrogen (secondary N) is 2. The van der Waals surface area contributed by atoms with E-state index < -0.39 is 0 Å². The standard InChI is InChI=1S/C18H24N6O2/c1-19-7-9-24-16-6-8-23(11-13(16)3-5-17(24)25)18(26)12-2-4-14-15(10-12)21-22-20-14/h2,4,10,13,16,19H,3,5-9,11H2,1H3,(H,20,21,22). The number of nitrogens with zero attached hydrogens (tertiary/aromatic N) is 4. The first kappa shape index (κ1) is 17.0. The van der Waals surface area contributed by atoms with Crippen molar-refractivity contribution in [2.24, 2.45) is 5.92 Å². The second-order valence-electron chi connectivity index (χ2n) is 7.12. The van der Waals surface area contributed by atoms with Crippen LogP contribution in [-0.4, -0.2) is 76.3 Å². The Morgan fingerprint density at radius 1 is 1.31 bits per heavy atom. The van der Waals surface area contributed by atoms with Crippen LogP contribution < -0.4 is 5.32 Å². The van der Waals surface area contributed by atoms with Crippen molar-refractivity contribution in [3.05, 3.63) is 23.8 Å². The molecule has 2 amide bonds. The predicted molar refractivity (Wildman–Crippen MR) is 96.6 cm³/mol. The van der Waals surface area contributed by atoms with Crippen molar-refractivity contribution in [3.63, 3.8) is 0 Å². The second-order valence-corrected chi connectivity index (χ2v) is 7.12. The van der Waals surface area contributed by atoms with Gasteiger partial charge in [0.25, 0.3) is 5.91 Å². The molecule has 4 rings (SSSR count). The van der Waals surface area contributed by atoms with Gasteiger partial charge in [-0.05, 0) is 44.0 Å². The summed E-state index contributed by atoms with van der Waals surface area (Å²) in [4.78, 5) is 29.2. The van der Waals surface area contributed by atoms with Crippen LogP contribution in [0.4, 0.5) is 0 Å². The SMILES string of the molecule is CNCCN1C(=O)CCC2CN(C(=O)c3ccc4n[nH]nc4c3)CCC21. The van der Waals surface area contributed by atoms with Crippen LogP contribution in [0.5, 0.6) is 0 Å². The van der Waals surface area contributed by atoms with Crippen molar-refractivity contribution in [2.75, 3.05) is 33.2 Å². The van der Waals surface area contributed by atoms with E-state index in [9.17, 15) is 9.59 Å². The second kappa shape index (κ2) is 7.03. The van der Waals surface area contributed by atoms with Gasteiger partial charge in [0, 0.05) is 44.2 Å². The van der Waals surface area contributed by atoms with Gasteiger partial charge in [-0.25, -0.2) is 0 Å². The number of piperidine rings is 2. The molecule has 0 bridgehead atoms. The van der Waals surface area contributed by atoms with E-state index in [1.54, 1.807) is 6.07 Å².